The minimum Gasteiger partial charge on any atom is -0.484 e. The minimum atomic E-state index is -3.27. The van der Waals surface area contributed by atoms with E-state index in [1.54, 1.807) is 18.2 Å². The van der Waals surface area contributed by atoms with Crippen LogP contribution in [0.25, 0.3) is 0 Å². The second kappa shape index (κ2) is 5.26. The number of ether oxygens (including phenoxy) is 1. The lowest BCUT2D eigenvalue weighted by atomic mass is 10.1. The van der Waals surface area contributed by atoms with Crippen molar-refractivity contribution in [1.82, 2.24) is 0 Å². The molecular weight excluding hydrogens is 276 g/mol. The summed E-state index contributed by atoms with van der Waals surface area (Å²) in [4.78, 5) is 2.36. The molecule has 5 nitrogen and oxygen atoms in total. The quantitative estimate of drug-likeness (QED) is 0.910. The van der Waals surface area contributed by atoms with Gasteiger partial charge in [0.15, 0.2) is 9.84 Å². The van der Waals surface area contributed by atoms with Crippen molar-refractivity contribution in [2.24, 2.45) is 5.73 Å². The van der Waals surface area contributed by atoms with Crippen LogP contribution in [0.5, 0.6) is 5.75 Å². The third-order valence-corrected chi connectivity index (χ3v) is 5.12. The zero-order chi connectivity index (χ0) is 15.0. The standard InChI is InChI=1S/C14H22N2O3S/c1-14(2)10-16(3)12-9-11(5-6-13(12)19-14)20(17,18)8-4-7-15/h5-6,9H,4,7-8,10,15H2,1-3H3. The fraction of sp³-hybridized carbons (Fsp3) is 0.571. The van der Waals surface area contributed by atoms with Gasteiger partial charge in [-0.15, -0.1) is 0 Å². The van der Waals surface area contributed by atoms with Crippen molar-refractivity contribution >= 4 is 15.5 Å². The summed E-state index contributed by atoms with van der Waals surface area (Å²) < 4.78 is 30.3. The molecule has 2 rings (SSSR count). The molecule has 1 aromatic rings. The van der Waals surface area contributed by atoms with E-state index < -0.39 is 9.84 Å². The van der Waals surface area contributed by atoms with E-state index in [0.717, 1.165) is 11.4 Å². The molecule has 2 N–H and O–H groups in total. The third kappa shape index (κ3) is 3.07. The molecule has 1 aliphatic rings. The molecule has 6 heteroatoms. The van der Waals surface area contributed by atoms with E-state index in [-0.39, 0.29) is 11.4 Å². The molecular formula is C14H22N2O3S. The van der Waals surface area contributed by atoms with Gasteiger partial charge in [0.2, 0.25) is 0 Å². The second-order valence-corrected chi connectivity index (χ2v) is 7.92. The van der Waals surface area contributed by atoms with Crippen LogP contribution in [0.15, 0.2) is 23.1 Å². The molecule has 0 spiro atoms. The fourth-order valence-corrected chi connectivity index (χ4v) is 3.80. The molecule has 0 saturated carbocycles. The number of fused-ring (bicyclic) bond motifs is 1. The van der Waals surface area contributed by atoms with Gasteiger partial charge in [0.1, 0.15) is 11.4 Å². The lowest BCUT2D eigenvalue weighted by Crippen LogP contribution is -2.45. The molecule has 0 bridgehead atoms. The van der Waals surface area contributed by atoms with Gasteiger partial charge in [-0.1, -0.05) is 0 Å². The molecule has 0 atom stereocenters. The summed E-state index contributed by atoms with van der Waals surface area (Å²) in [5.41, 5.74) is 5.93. The number of benzene rings is 1. The van der Waals surface area contributed by atoms with Crippen LogP contribution in [0.3, 0.4) is 0 Å². The summed E-state index contributed by atoms with van der Waals surface area (Å²) in [6.07, 6.45) is 0.471. The first-order valence-corrected chi connectivity index (χ1v) is 8.37. The number of nitrogens with two attached hydrogens (primary N) is 1. The van der Waals surface area contributed by atoms with Gasteiger partial charge in [-0.3, -0.25) is 0 Å². The number of nitrogens with zero attached hydrogens (tertiary/aromatic N) is 1. The van der Waals surface area contributed by atoms with Gasteiger partial charge in [0, 0.05) is 7.05 Å². The molecule has 112 valence electrons. The van der Waals surface area contributed by atoms with Gasteiger partial charge in [0.25, 0.3) is 0 Å². The zero-order valence-corrected chi connectivity index (χ0v) is 13.0. The smallest absolute Gasteiger partial charge is 0.178 e. The summed E-state index contributed by atoms with van der Waals surface area (Å²) in [6.45, 7) is 5.12. The van der Waals surface area contributed by atoms with Gasteiger partial charge in [-0.25, -0.2) is 8.42 Å². The monoisotopic (exact) mass is 298 g/mol. The molecule has 0 saturated heterocycles. The van der Waals surface area contributed by atoms with Crippen LogP contribution < -0.4 is 15.4 Å². The van der Waals surface area contributed by atoms with E-state index in [4.69, 9.17) is 10.5 Å². The topological polar surface area (TPSA) is 72.6 Å². The average Bonchev–Trinajstić information content (AvgIpc) is 2.34. The van der Waals surface area contributed by atoms with Crippen molar-refractivity contribution in [2.75, 3.05) is 30.8 Å². The highest BCUT2D eigenvalue weighted by Crippen LogP contribution is 2.37. The summed E-state index contributed by atoms with van der Waals surface area (Å²) in [5, 5.41) is 0. The second-order valence-electron chi connectivity index (χ2n) is 5.81. The van der Waals surface area contributed by atoms with Crippen LogP contribution in [0.1, 0.15) is 20.3 Å². The van der Waals surface area contributed by atoms with E-state index in [1.165, 1.54) is 0 Å². The first kappa shape index (κ1) is 15.1. The van der Waals surface area contributed by atoms with Crippen molar-refractivity contribution in [3.63, 3.8) is 0 Å². The van der Waals surface area contributed by atoms with E-state index in [1.807, 2.05) is 25.8 Å². The van der Waals surface area contributed by atoms with Crippen molar-refractivity contribution in [1.29, 1.82) is 0 Å². The maximum atomic E-state index is 12.2. The minimum absolute atomic E-state index is 0.0817. The summed E-state index contributed by atoms with van der Waals surface area (Å²) in [5.74, 6) is 0.805. The SMILES string of the molecule is CN1CC(C)(C)Oc2ccc(S(=O)(=O)CCCN)cc21. The number of rotatable bonds is 4. The summed E-state index contributed by atoms with van der Waals surface area (Å²) in [7, 11) is -1.33. The first-order valence-electron chi connectivity index (χ1n) is 6.72. The Morgan fingerprint density at radius 3 is 2.75 bits per heavy atom. The molecule has 0 amide bonds. The van der Waals surface area contributed by atoms with Crippen LogP contribution >= 0.6 is 0 Å². The Hall–Kier alpha value is -1.27. The molecule has 1 heterocycles. The number of likely N-dealkylation sites (N-methyl/N-ethyl adjacent to an activating group) is 1. The highest BCUT2D eigenvalue weighted by Gasteiger charge is 2.30. The average molecular weight is 298 g/mol. The van der Waals surface area contributed by atoms with Crippen molar-refractivity contribution < 1.29 is 13.2 Å². The normalized spacial score (nSPS) is 17.5. The molecule has 0 aliphatic carbocycles. The van der Waals surface area contributed by atoms with Gasteiger partial charge >= 0.3 is 0 Å². The van der Waals surface area contributed by atoms with Crippen molar-refractivity contribution in [3.8, 4) is 5.75 Å². The molecule has 0 unspecified atom stereocenters. The lowest BCUT2D eigenvalue weighted by Gasteiger charge is -2.39. The lowest BCUT2D eigenvalue weighted by molar-refractivity contribution is 0.107. The van der Waals surface area contributed by atoms with Gasteiger partial charge < -0.3 is 15.4 Å². The third-order valence-electron chi connectivity index (χ3n) is 3.32. The summed E-state index contributed by atoms with van der Waals surface area (Å²) >= 11 is 0. The molecule has 0 fully saturated rings. The Morgan fingerprint density at radius 1 is 1.40 bits per heavy atom. The van der Waals surface area contributed by atoms with E-state index in [0.29, 0.717) is 24.4 Å². The Kier molecular flexibility index (Phi) is 3.97. The molecule has 1 aromatic carbocycles. The van der Waals surface area contributed by atoms with Crippen LogP contribution in [-0.4, -0.2) is 39.9 Å². The fourth-order valence-electron chi connectivity index (χ4n) is 2.45. The Bertz CT molecular complexity index is 596. The number of hydrogen-bond acceptors (Lipinski definition) is 5. The van der Waals surface area contributed by atoms with E-state index >= 15 is 0 Å². The Balaban J connectivity index is 2.36. The van der Waals surface area contributed by atoms with E-state index in [9.17, 15) is 8.42 Å². The number of anilines is 1. The highest BCUT2D eigenvalue weighted by molar-refractivity contribution is 7.91. The van der Waals surface area contributed by atoms with Gasteiger partial charge in [-0.2, -0.15) is 0 Å². The highest BCUT2D eigenvalue weighted by atomic mass is 32.2. The van der Waals surface area contributed by atoms with Crippen LogP contribution in [0.4, 0.5) is 5.69 Å². The maximum absolute atomic E-state index is 12.2. The largest absolute Gasteiger partial charge is 0.484 e. The van der Waals surface area contributed by atoms with Crippen LogP contribution in [0, 0.1) is 0 Å². The van der Waals surface area contributed by atoms with Crippen LogP contribution in [0.2, 0.25) is 0 Å². The van der Waals surface area contributed by atoms with E-state index in [2.05, 4.69) is 0 Å². The predicted octanol–water partition coefficient (Wildman–Crippen LogP) is 1.42. The predicted molar refractivity (Wildman–Crippen MR) is 80.1 cm³/mol. The molecule has 0 aromatic heterocycles. The van der Waals surface area contributed by atoms with Crippen molar-refractivity contribution in [2.45, 2.75) is 30.8 Å². The summed E-state index contributed by atoms with van der Waals surface area (Å²) in [6, 6.07) is 5.04. The van der Waals surface area contributed by atoms with Crippen LogP contribution in [-0.2, 0) is 9.84 Å². The first-order chi connectivity index (χ1) is 9.25. The molecule has 0 radical (unpaired) electrons. The molecule has 20 heavy (non-hydrogen) atoms. The van der Waals surface area contributed by atoms with Gasteiger partial charge in [0.05, 0.1) is 22.9 Å². The number of hydrogen-bond donors (Lipinski definition) is 1. The Labute approximate surface area is 120 Å². The van der Waals surface area contributed by atoms with Crippen molar-refractivity contribution in [3.05, 3.63) is 18.2 Å². The maximum Gasteiger partial charge on any atom is 0.178 e. The number of sulfone groups is 1. The zero-order valence-electron chi connectivity index (χ0n) is 12.2. The Morgan fingerprint density at radius 2 is 2.10 bits per heavy atom. The molecule has 1 aliphatic heterocycles. The van der Waals surface area contributed by atoms with Gasteiger partial charge in [-0.05, 0) is 45.0 Å².